The van der Waals surface area contributed by atoms with Crippen LogP contribution in [0.2, 0.25) is 0 Å². The van der Waals surface area contributed by atoms with E-state index in [0.717, 1.165) is 5.56 Å². The summed E-state index contributed by atoms with van der Waals surface area (Å²) in [4.78, 5) is 12.9. The Kier molecular flexibility index (Phi) is 7.54. The van der Waals surface area contributed by atoms with Crippen LogP contribution in [0.5, 0.6) is 5.75 Å². The van der Waals surface area contributed by atoms with Gasteiger partial charge in [-0.25, -0.2) is 0 Å². The summed E-state index contributed by atoms with van der Waals surface area (Å²) in [6, 6.07) is 14.2. The zero-order valence-electron chi connectivity index (χ0n) is 16.3. The first kappa shape index (κ1) is 22.4. The number of aryl methyl sites for hydroxylation is 1. The van der Waals surface area contributed by atoms with Crippen LogP contribution in [0.1, 0.15) is 27.9 Å². The summed E-state index contributed by atoms with van der Waals surface area (Å²) in [6.45, 7) is -1.03. The maximum atomic E-state index is 12.9. The summed E-state index contributed by atoms with van der Waals surface area (Å²) in [6.07, 6.45) is -6.64. The molecule has 0 bridgehead atoms. The van der Waals surface area contributed by atoms with Crippen molar-refractivity contribution in [1.82, 2.24) is 0 Å². The summed E-state index contributed by atoms with van der Waals surface area (Å²) >= 11 is 0. The van der Waals surface area contributed by atoms with Gasteiger partial charge in [-0.05, 0) is 18.1 Å². The number of Topliss-reactive ketones (excluding diaryl/α,β-unsaturated/α-hetero) is 1. The molecule has 0 aromatic heterocycles. The van der Waals surface area contributed by atoms with Crippen molar-refractivity contribution in [2.75, 3.05) is 6.61 Å². The fourth-order valence-corrected chi connectivity index (χ4v) is 3.39. The van der Waals surface area contributed by atoms with Crippen LogP contribution in [0.25, 0.3) is 0 Å². The lowest BCUT2D eigenvalue weighted by Crippen LogP contribution is -2.60. The van der Waals surface area contributed by atoms with Crippen LogP contribution in [0, 0.1) is 0 Å². The predicted molar refractivity (Wildman–Crippen MR) is 106 cm³/mol. The number of ketones is 1. The third-order valence-corrected chi connectivity index (χ3v) is 5.13. The van der Waals surface area contributed by atoms with E-state index in [1.807, 2.05) is 30.3 Å². The number of aliphatic hydroxyl groups is 5. The topological polar surface area (TPSA) is 137 Å². The molecule has 8 heteroatoms. The van der Waals surface area contributed by atoms with Gasteiger partial charge in [-0.15, -0.1) is 0 Å². The van der Waals surface area contributed by atoms with Gasteiger partial charge in [-0.2, -0.15) is 0 Å². The van der Waals surface area contributed by atoms with Crippen molar-refractivity contribution in [2.45, 2.75) is 50.2 Å². The fourth-order valence-electron chi connectivity index (χ4n) is 3.39. The molecule has 2 aromatic carbocycles. The molecule has 1 fully saturated rings. The van der Waals surface area contributed by atoms with E-state index >= 15 is 0 Å². The van der Waals surface area contributed by atoms with E-state index in [0.29, 0.717) is 12.0 Å². The fraction of sp³-hybridized carbons (Fsp3) is 0.409. The number of benzene rings is 2. The number of rotatable bonds is 8. The van der Waals surface area contributed by atoms with Crippen molar-refractivity contribution in [3.63, 3.8) is 0 Å². The van der Waals surface area contributed by atoms with Crippen molar-refractivity contribution >= 4 is 5.78 Å². The normalized spacial score (nSPS) is 26.4. The highest BCUT2D eigenvalue weighted by atomic mass is 16.7. The zero-order chi connectivity index (χ0) is 21.7. The molecule has 1 heterocycles. The lowest BCUT2D eigenvalue weighted by molar-refractivity contribution is -0.277. The van der Waals surface area contributed by atoms with E-state index in [1.54, 1.807) is 18.2 Å². The van der Waals surface area contributed by atoms with E-state index in [-0.39, 0.29) is 23.5 Å². The molecule has 0 radical (unpaired) electrons. The van der Waals surface area contributed by atoms with Crippen molar-refractivity contribution in [3.05, 3.63) is 65.2 Å². The Labute approximate surface area is 173 Å². The van der Waals surface area contributed by atoms with Crippen molar-refractivity contribution in [3.8, 4) is 5.75 Å². The molecule has 162 valence electrons. The van der Waals surface area contributed by atoms with Gasteiger partial charge in [0.15, 0.2) is 5.78 Å². The first-order valence-electron chi connectivity index (χ1n) is 9.73. The smallest absolute Gasteiger partial charge is 0.229 e. The molecule has 0 amide bonds. The highest BCUT2D eigenvalue weighted by molar-refractivity contribution is 5.99. The molecule has 0 spiro atoms. The number of aliphatic hydroxyl groups excluding tert-OH is 5. The molecule has 1 saturated heterocycles. The minimum absolute atomic E-state index is 0.0300. The van der Waals surface area contributed by atoms with Crippen molar-refractivity contribution in [2.24, 2.45) is 0 Å². The zero-order valence-corrected chi connectivity index (χ0v) is 16.3. The van der Waals surface area contributed by atoms with Gasteiger partial charge in [0.05, 0.1) is 18.8 Å². The van der Waals surface area contributed by atoms with Gasteiger partial charge in [0.25, 0.3) is 0 Å². The average Bonchev–Trinajstić information content (AvgIpc) is 2.78. The van der Waals surface area contributed by atoms with E-state index in [4.69, 9.17) is 9.47 Å². The minimum atomic E-state index is -1.62. The monoisotopic (exact) mass is 418 g/mol. The van der Waals surface area contributed by atoms with Crippen LogP contribution >= 0.6 is 0 Å². The molecule has 8 nitrogen and oxygen atoms in total. The summed E-state index contributed by atoms with van der Waals surface area (Å²) in [5.41, 5.74) is 1.51. The molecule has 3 rings (SSSR count). The third-order valence-electron chi connectivity index (χ3n) is 5.13. The SMILES string of the molecule is O=C(CCc1ccccc1)c1cccc(CO)c1O[C@H]1O[C@H](CO)[C@@H](O)[C@H](O)[C@H]1O. The first-order valence-corrected chi connectivity index (χ1v) is 9.73. The van der Waals surface area contributed by atoms with Crippen LogP contribution in [0.3, 0.4) is 0 Å². The standard InChI is InChI=1S/C22H26O8/c23-11-14-7-4-8-15(16(25)10-9-13-5-2-1-3-6-13)21(14)30-22-20(28)19(27)18(26)17(12-24)29-22/h1-8,17-20,22-24,26-28H,9-12H2/t17-,18-,19+,20-,22-/m1/s1. The second kappa shape index (κ2) is 10.1. The maximum Gasteiger partial charge on any atom is 0.229 e. The Hall–Kier alpha value is -2.33. The van der Waals surface area contributed by atoms with Gasteiger partial charge in [0.2, 0.25) is 6.29 Å². The highest BCUT2D eigenvalue weighted by Gasteiger charge is 2.45. The molecule has 1 aliphatic rings. The Bertz CT molecular complexity index is 838. The van der Waals surface area contributed by atoms with Crippen molar-refractivity contribution in [1.29, 1.82) is 0 Å². The van der Waals surface area contributed by atoms with E-state index < -0.39 is 43.9 Å². The van der Waals surface area contributed by atoms with Gasteiger partial charge >= 0.3 is 0 Å². The quantitative estimate of drug-likeness (QED) is 0.383. The van der Waals surface area contributed by atoms with Gasteiger partial charge < -0.3 is 35.0 Å². The molecule has 5 N–H and O–H groups in total. The number of hydrogen-bond donors (Lipinski definition) is 5. The minimum Gasteiger partial charge on any atom is -0.461 e. The third kappa shape index (κ3) is 4.86. The average molecular weight is 418 g/mol. The van der Waals surface area contributed by atoms with E-state index in [1.165, 1.54) is 0 Å². The van der Waals surface area contributed by atoms with E-state index in [2.05, 4.69) is 0 Å². The summed E-state index contributed by atoms with van der Waals surface area (Å²) in [7, 11) is 0. The number of carbonyl (C=O) groups excluding carboxylic acids is 1. The number of hydrogen-bond acceptors (Lipinski definition) is 8. The summed E-state index contributed by atoms with van der Waals surface area (Å²) < 4.78 is 11.1. The second-order valence-corrected chi connectivity index (χ2v) is 7.18. The summed E-state index contributed by atoms with van der Waals surface area (Å²) in [5.74, 6) is -0.198. The molecular formula is C22H26O8. The highest BCUT2D eigenvalue weighted by Crippen LogP contribution is 2.31. The second-order valence-electron chi connectivity index (χ2n) is 7.18. The van der Waals surface area contributed by atoms with Crippen LogP contribution in [0.15, 0.2) is 48.5 Å². The van der Waals surface area contributed by atoms with Gasteiger partial charge in [0.1, 0.15) is 30.2 Å². The first-order chi connectivity index (χ1) is 14.5. The lowest BCUT2D eigenvalue weighted by Gasteiger charge is -2.39. The molecule has 0 unspecified atom stereocenters. The molecule has 1 aliphatic heterocycles. The number of ether oxygens (including phenoxy) is 2. The van der Waals surface area contributed by atoms with Gasteiger partial charge in [-0.3, -0.25) is 4.79 Å². The molecule has 2 aromatic rings. The Morgan fingerprint density at radius 3 is 2.33 bits per heavy atom. The Balaban J connectivity index is 1.82. The maximum absolute atomic E-state index is 12.9. The number of carbonyl (C=O) groups is 1. The van der Waals surface area contributed by atoms with E-state index in [9.17, 15) is 30.3 Å². The molecule has 0 aliphatic carbocycles. The van der Waals surface area contributed by atoms with Crippen LogP contribution in [0.4, 0.5) is 0 Å². The van der Waals surface area contributed by atoms with Gasteiger partial charge in [-0.1, -0.05) is 42.5 Å². The van der Waals surface area contributed by atoms with Crippen LogP contribution in [-0.2, 0) is 17.8 Å². The Morgan fingerprint density at radius 1 is 0.933 bits per heavy atom. The van der Waals surface area contributed by atoms with Crippen molar-refractivity contribution < 1.29 is 39.8 Å². The predicted octanol–water partition coefficient (Wildman–Crippen LogP) is 0.173. The molecular weight excluding hydrogens is 392 g/mol. The lowest BCUT2D eigenvalue weighted by atomic mass is 9.98. The Morgan fingerprint density at radius 2 is 1.67 bits per heavy atom. The molecule has 30 heavy (non-hydrogen) atoms. The number of para-hydroxylation sites is 1. The molecule has 0 saturated carbocycles. The van der Waals surface area contributed by atoms with Crippen LogP contribution in [-0.4, -0.2) is 68.6 Å². The summed E-state index contributed by atoms with van der Waals surface area (Å²) in [5, 5.41) is 49.2. The van der Waals surface area contributed by atoms with Crippen LogP contribution < -0.4 is 4.74 Å². The largest absolute Gasteiger partial charge is 0.461 e. The van der Waals surface area contributed by atoms with Gasteiger partial charge in [0, 0.05) is 12.0 Å². The molecule has 5 atom stereocenters.